The number of nitrogens with two attached hydrogens (primary N) is 1. The topological polar surface area (TPSA) is 55.6 Å². The molecule has 1 amide bonds. The highest BCUT2D eigenvalue weighted by molar-refractivity contribution is 5.68. The fourth-order valence-electron chi connectivity index (χ4n) is 1.28. The Bertz CT molecular complexity index is 219. The lowest BCUT2D eigenvalue weighted by Crippen LogP contribution is -2.36. The Kier molecular flexibility index (Phi) is 6.25. The van der Waals surface area contributed by atoms with Gasteiger partial charge < -0.3 is 15.4 Å². The first-order chi connectivity index (χ1) is 7.30. The molecule has 0 spiro atoms. The normalized spacial score (nSPS) is 20.1. The molecule has 1 aliphatic rings. The summed E-state index contributed by atoms with van der Waals surface area (Å²) in [5.41, 5.74) is 5.26. The van der Waals surface area contributed by atoms with Crippen LogP contribution in [0.5, 0.6) is 0 Å². The first-order valence-corrected chi connectivity index (χ1v) is 5.15. The van der Waals surface area contributed by atoms with Crippen LogP contribution in [0, 0.1) is 0 Å². The number of carbonyl (C=O) groups excluding carboxylic acids is 1. The zero-order chi connectivity index (χ0) is 12.8. The Morgan fingerprint density at radius 2 is 2.00 bits per heavy atom. The van der Waals surface area contributed by atoms with Gasteiger partial charge in [0.1, 0.15) is 5.60 Å². The molecule has 2 N–H and O–H groups in total. The molecule has 0 bridgehead atoms. The summed E-state index contributed by atoms with van der Waals surface area (Å²) in [6.07, 6.45) is 0.625. The van der Waals surface area contributed by atoms with Crippen molar-refractivity contribution in [3.63, 3.8) is 0 Å². The summed E-state index contributed by atoms with van der Waals surface area (Å²) in [6.45, 7) is 5.17. The molecular weight excluding hydrogens is 218 g/mol. The minimum Gasteiger partial charge on any atom is -0.444 e. The van der Waals surface area contributed by atoms with E-state index in [1.54, 1.807) is 4.90 Å². The van der Waals surface area contributed by atoms with E-state index in [-0.39, 0.29) is 12.1 Å². The van der Waals surface area contributed by atoms with Gasteiger partial charge in [0.25, 0.3) is 0 Å². The van der Waals surface area contributed by atoms with Crippen molar-refractivity contribution in [1.29, 1.82) is 0 Å². The van der Waals surface area contributed by atoms with Crippen LogP contribution < -0.4 is 5.73 Å². The molecule has 16 heavy (non-hydrogen) atoms. The summed E-state index contributed by atoms with van der Waals surface area (Å²) < 4.78 is 24.5. The first kappa shape index (κ1) is 15.1. The van der Waals surface area contributed by atoms with E-state index in [0.29, 0.717) is 6.54 Å². The highest BCUT2D eigenvalue weighted by Gasteiger charge is 2.27. The minimum atomic E-state index is -1.75. The summed E-state index contributed by atoms with van der Waals surface area (Å²) in [5, 5.41) is 0. The number of hydrogen-bond acceptors (Lipinski definition) is 3. The van der Waals surface area contributed by atoms with E-state index >= 15 is 0 Å². The predicted octanol–water partition coefficient (Wildman–Crippen LogP) is 1.84. The molecule has 1 heterocycles. The molecule has 0 aromatic carbocycles. The number of hydrogen-bond donors (Lipinski definition) is 1. The molecule has 0 aromatic rings. The largest absolute Gasteiger partial charge is 0.444 e. The van der Waals surface area contributed by atoms with E-state index in [9.17, 15) is 13.6 Å². The Hall–Kier alpha value is -0.910. The van der Waals surface area contributed by atoms with Crippen LogP contribution in [-0.4, -0.2) is 42.7 Å². The standard InChI is InChI=1S/C9H18N2O2.CH2F2/c1-9(2,3)13-8(12)11-5-4-7(10)6-11;2-1-3/h7H,4-6,10H2,1-3H3;1H2. The van der Waals surface area contributed by atoms with Gasteiger partial charge in [-0.1, -0.05) is 0 Å². The van der Waals surface area contributed by atoms with E-state index < -0.39 is 12.5 Å². The third kappa shape index (κ3) is 6.55. The number of halogens is 2. The van der Waals surface area contributed by atoms with Crippen LogP contribution in [0.1, 0.15) is 27.2 Å². The van der Waals surface area contributed by atoms with Crippen LogP contribution >= 0.6 is 0 Å². The van der Waals surface area contributed by atoms with Crippen LogP contribution in [0.4, 0.5) is 13.6 Å². The van der Waals surface area contributed by atoms with Crippen molar-refractivity contribution < 1.29 is 18.3 Å². The second kappa shape index (κ2) is 6.62. The molecule has 1 atom stereocenters. The van der Waals surface area contributed by atoms with Crippen molar-refractivity contribution in [2.45, 2.75) is 38.8 Å². The molecule has 0 aromatic heterocycles. The molecule has 1 rings (SSSR count). The van der Waals surface area contributed by atoms with Gasteiger partial charge in [0.15, 0.2) is 0 Å². The molecule has 1 unspecified atom stereocenters. The third-order valence-corrected chi connectivity index (χ3v) is 1.88. The molecule has 1 fully saturated rings. The smallest absolute Gasteiger partial charge is 0.410 e. The maximum atomic E-state index is 11.5. The van der Waals surface area contributed by atoms with Gasteiger partial charge in [0.2, 0.25) is 6.93 Å². The SMILES string of the molecule is CC(C)(C)OC(=O)N1CCC(N)C1.FCF. The quantitative estimate of drug-likeness (QED) is 0.700. The van der Waals surface area contributed by atoms with E-state index in [2.05, 4.69) is 0 Å². The van der Waals surface area contributed by atoms with Crippen molar-refractivity contribution in [2.75, 3.05) is 20.0 Å². The number of nitrogens with zero attached hydrogens (tertiary/aromatic N) is 1. The van der Waals surface area contributed by atoms with E-state index in [0.717, 1.165) is 13.0 Å². The molecule has 1 aliphatic heterocycles. The lowest BCUT2D eigenvalue weighted by molar-refractivity contribution is 0.0292. The van der Waals surface area contributed by atoms with E-state index in [1.165, 1.54) is 0 Å². The third-order valence-electron chi connectivity index (χ3n) is 1.88. The Balaban J connectivity index is 0.000000673. The number of likely N-dealkylation sites (tertiary alicyclic amines) is 1. The number of carbonyl (C=O) groups is 1. The van der Waals surface area contributed by atoms with Gasteiger partial charge in [0.05, 0.1) is 0 Å². The monoisotopic (exact) mass is 238 g/mol. The molecule has 6 heteroatoms. The average Bonchev–Trinajstić information content (AvgIpc) is 2.50. The highest BCUT2D eigenvalue weighted by Crippen LogP contribution is 2.13. The maximum Gasteiger partial charge on any atom is 0.410 e. The summed E-state index contributed by atoms with van der Waals surface area (Å²) in [5.74, 6) is 0. The lowest BCUT2D eigenvalue weighted by Gasteiger charge is -2.24. The molecule has 4 nitrogen and oxygen atoms in total. The van der Waals surface area contributed by atoms with E-state index in [1.807, 2.05) is 20.8 Å². The molecule has 0 saturated carbocycles. The summed E-state index contributed by atoms with van der Waals surface area (Å²) >= 11 is 0. The van der Waals surface area contributed by atoms with Gasteiger partial charge in [-0.15, -0.1) is 0 Å². The Labute approximate surface area is 94.7 Å². The number of amides is 1. The highest BCUT2D eigenvalue weighted by atomic mass is 19.3. The maximum absolute atomic E-state index is 11.5. The van der Waals surface area contributed by atoms with Crippen LogP contribution in [0.15, 0.2) is 0 Å². The lowest BCUT2D eigenvalue weighted by atomic mass is 10.2. The average molecular weight is 238 g/mol. The fraction of sp³-hybridized carbons (Fsp3) is 0.900. The number of rotatable bonds is 0. The minimum absolute atomic E-state index is 0.118. The predicted molar refractivity (Wildman–Crippen MR) is 57.5 cm³/mol. The number of ether oxygens (including phenoxy) is 1. The van der Waals surface area contributed by atoms with Crippen LogP contribution in [0.3, 0.4) is 0 Å². The van der Waals surface area contributed by atoms with Crippen molar-refractivity contribution >= 4 is 6.09 Å². The van der Waals surface area contributed by atoms with Gasteiger partial charge in [-0.2, -0.15) is 0 Å². The van der Waals surface area contributed by atoms with Crippen LogP contribution in [0.2, 0.25) is 0 Å². The fourth-order valence-corrected chi connectivity index (χ4v) is 1.28. The zero-order valence-corrected chi connectivity index (χ0v) is 10.0. The summed E-state index contributed by atoms with van der Waals surface area (Å²) in [6, 6.07) is 0.118. The summed E-state index contributed by atoms with van der Waals surface area (Å²) in [7, 11) is 0. The summed E-state index contributed by atoms with van der Waals surface area (Å²) in [4.78, 5) is 13.1. The number of alkyl halides is 2. The van der Waals surface area contributed by atoms with Gasteiger partial charge in [-0.05, 0) is 27.2 Å². The van der Waals surface area contributed by atoms with Crippen molar-refractivity contribution in [2.24, 2.45) is 5.73 Å². The molecule has 96 valence electrons. The molecule has 0 radical (unpaired) electrons. The van der Waals surface area contributed by atoms with Gasteiger partial charge in [-0.25, -0.2) is 13.6 Å². The Morgan fingerprint density at radius 3 is 2.31 bits per heavy atom. The van der Waals surface area contributed by atoms with Crippen LogP contribution in [0.25, 0.3) is 0 Å². The van der Waals surface area contributed by atoms with Gasteiger partial charge >= 0.3 is 6.09 Å². The van der Waals surface area contributed by atoms with E-state index in [4.69, 9.17) is 10.5 Å². The zero-order valence-electron chi connectivity index (χ0n) is 10.0. The second-order valence-corrected chi connectivity index (χ2v) is 4.58. The first-order valence-electron chi connectivity index (χ1n) is 5.15. The molecule has 1 saturated heterocycles. The van der Waals surface area contributed by atoms with Crippen molar-refractivity contribution in [3.8, 4) is 0 Å². The van der Waals surface area contributed by atoms with Gasteiger partial charge in [-0.3, -0.25) is 0 Å². The molecule has 0 aliphatic carbocycles. The second-order valence-electron chi connectivity index (χ2n) is 4.58. The van der Waals surface area contributed by atoms with Crippen molar-refractivity contribution in [1.82, 2.24) is 4.90 Å². The van der Waals surface area contributed by atoms with Crippen molar-refractivity contribution in [3.05, 3.63) is 0 Å². The molecular formula is C10H20F2N2O2. The Morgan fingerprint density at radius 1 is 1.50 bits per heavy atom. The van der Waals surface area contributed by atoms with Gasteiger partial charge in [0, 0.05) is 19.1 Å². The van der Waals surface area contributed by atoms with Crippen LogP contribution in [-0.2, 0) is 4.74 Å².